The molecule has 0 unspecified atom stereocenters. The van der Waals surface area contributed by atoms with Crippen LogP contribution in [0.15, 0.2) is 42.7 Å². The van der Waals surface area contributed by atoms with Crippen LogP contribution in [-0.4, -0.2) is 70.1 Å². The van der Waals surface area contributed by atoms with Crippen LogP contribution < -0.4 is 4.74 Å². The predicted octanol–water partition coefficient (Wildman–Crippen LogP) is 3.41. The Kier molecular flexibility index (Phi) is 9.18. The molecule has 1 aliphatic rings. The Morgan fingerprint density at radius 2 is 2.00 bits per heavy atom. The van der Waals surface area contributed by atoms with Crippen molar-refractivity contribution in [3.63, 3.8) is 0 Å². The van der Waals surface area contributed by atoms with E-state index in [9.17, 15) is 5.11 Å². The van der Waals surface area contributed by atoms with Crippen molar-refractivity contribution < 1.29 is 9.84 Å². The standard InChI is InChI=1S/C24H38N4O2/c1-3-27(16-17-28-15-9-14-25-28)18-21-10-7-8-13-24(21)30-20-23(29)19-26(2)22-11-5-4-6-12-22/h7-10,13-15,22-23,29H,3-6,11-12,16-20H2,1-2H3/t23-/m0/s1. The number of para-hydroxylation sites is 1. The summed E-state index contributed by atoms with van der Waals surface area (Å²) < 4.78 is 8.02. The maximum atomic E-state index is 10.5. The van der Waals surface area contributed by atoms with Gasteiger partial charge < -0.3 is 14.7 Å². The zero-order chi connectivity index (χ0) is 21.2. The maximum absolute atomic E-state index is 10.5. The van der Waals surface area contributed by atoms with Crippen LogP contribution in [0.1, 0.15) is 44.6 Å². The number of ether oxygens (including phenoxy) is 1. The van der Waals surface area contributed by atoms with Crippen LogP contribution in [0.5, 0.6) is 5.75 Å². The smallest absolute Gasteiger partial charge is 0.123 e. The summed E-state index contributed by atoms with van der Waals surface area (Å²) >= 11 is 0. The SMILES string of the molecule is CCN(CCn1cccn1)Cc1ccccc1OC[C@@H](O)CN(C)C1CCCCC1. The van der Waals surface area contributed by atoms with Gasteiger partial charge in [-0.1, -0.05) is 44.4 Å². The molecule has 166 valence electrons. The van der Waals surface area contributed by atoms with Crippen molar-refractivity contribution in [3.05, 3.63) is 48.3 Å². The second-order valence-electron chi connectivity index (χ2n) is 8.44. The van der Waals surface area contributed by atoms with Gasteiger partial charge >= 0.3 is 0 Å². The van der Waals surface area contributed by atoms with Crippen LogP contribution >= 0.6 is 0 Å². The van der Waals surface area contributed by atoms with Gasteiger partial charge in [-0.15, -0.1) is 0 Å². The highest BCUT2D eigenvalue weighted by Gasteiger charge is 2.20. The Hall–Kier alpha value is -1.89. The third-order valence-electron chi connectivity index (χ3n) is 6.15. The second-order valence-corrected chi connectivity index (χ2v) is 8.44. The first kappa shape index (κ1) is 22.8. The topological polar surface area (TPSA) is 53.8 Å². The first-order valence-corrected chi connectivity index (χ1v) is 11.4. The number of rotatable bonds is 12. The molecular formula is C24H38N4O2. The van der Waals surface area contributed by atoms with Gasteiger partial charge in [0.15, 0.2) is 0 Å². The zero-order valence-electron chi connectivity index (χ0n) is 18.6. The quantitative estimate of drug-likeness (QED) is 0.577. The second kappa shape index (κ2) is 12.1. The highest BCUT2D eigenvalue weighted by molar-refractivity contribution is 5.33. The summed E-state index contributed by atoms with van der Waals surface area (Å²) in [5.74, 6) is 0.870. The molecule has 2 aromatic rings. The van der Waals surface area contributed by atoms with Gasteiger partial charge in [-0.05, 0) is 38.6 Å². The molecule has 0 spiro atoms. The Balaban J connectivity index is 1.48. The lowest BCUT2D eigenvalue weighted by atomic mass is 9.94. The van der Waals surface area contributed by atoms with E-state index in [1.54, 1.807) is 0 Å². The molecule has 1 N–H and O–H groups in total. The summed E-state index contributed by atoms with van der Waals surface area (Å²) in [7, 11) is 2.13. The molecular weight excluding hydrogens is 376 g/mol. The molecule has 1 aromatic carbocycles. The van der Waals surface area contributed by atoms with E-state index >= 15 is 0 Å². The van der Waals surface area contributed by atoms with Crippen molar-refractivity contribution >= 4 is 0 Å². The van der Waals surface area contributed by atoms with E-state index in [1.165, 1.54) is 32.1 Å². The Labute approximate surface area is 181 Å². The van der Waals surface area contributed by atoms with Crippen molar-refractivity contribution in [2.45, 2.75) is 64.3 Å². The minimum absolute atomic E-state index is 0.327. The summed E-state index contributed by atoms with van der Waals surface area (Å²) in [5, 5.41) is 14.8. The van der Waals surface area contributed by atoms with Crippen molar-refractivity contribution in [1.29, 1.82) is 0 Å². The highest BCUT2D eigenvalue weighted by Crippen LogP contribution is 2.23. The van der Waals surface area contributed by atoms with Gasteiger partial charge in [0, 0.05) is 43.6 Å². The monoisotopic (exact) mass is 414 g/mol. The zero-order valence-corrected chi connectivity index (χ0v) is 18.6. The normalized spacial score (nSPS) is 16.3. The lowest BCUT2D eigenvalue weighted by Gasteiger charge is -2.32. The minimum Gasteiger partial charge on any atom is -0.491 e. The van der Waals surface area contributed by atoms with Gasteiger partial charge in [0.2, 0.25) is 0 Å². The highest BCUT2D eigenvalue weighted by atomic mass is 16.5. The molecule has 1 atom stereocenters. The van der Waals surface area contributed by atoms with Gasteiger partial charge in [-0.2, -0.15) is 5.10 Å². The predicted molar refractivity (Wildman–Crippen MR) is 121 cm³/mol. The number of hydrogen-bond acceptors (Lipinski definition) is 5. The molecule has 6 heteroatoms. The summed E-state index contributed by atoms with van der Waals surface area (Å²) in [4.78, 5) is 4.70. The fourth-order valence-corrected chi connectivity index (χ4v) is 4.28. The van der Waals surface area contributed by atoms with Crippen LogP contribution in [0.25, 0.3) is 0 Å². The summed E-state index contributed by atoms with van der Waals surface area (Å²) in [6.45, 7) is 6.76. The Morgan fingerprint density at radius 1 is 1.20 bits per heavy atom. The van der Waals surface area contributed by atoms with Crippen LogP contribution in [0.3, 0.4) is 0 Å². The van der Waals surface area contributed by atoms with Crippen LogP contribution in [0.4, 0.5) is 0 Å². The molecule has 0 saturated heterocycles. The Morgan fingerprint density at radius 3 is 2.73 bits per heavy atom. The van der Waals surface area contributed by atoms with Gasteiger partial charge in [-0.3, -0.25) is 9.58 Å². The van der Waals surface area contributed by atoms with E-state index in [0.717, 1.165) is 37.5 Å². The molecule has 0 radical (unpaired) electrons. The number of aromatic nitrogens is 2. The largest absolute Gasteiger partial charge is 0.491 e. The fourth-order valence-electron chi connectivity index (χ4n) is 4.28. The van der Waals surface area contributed by atoms with E-state index in [2.05, 4.69) is 41.0 Å². The van der Waals surface area contributed by atoms with Gasteiger partial charge in [0.25, 0.3) is 0 Å². The molecule has 6 nitrogen and oxygen atoms in total. The molecule has 0 bridgehead atoms. The Bertz CT molecular complexity index is 716. The van der Waals surface area contributed by atoms with Crippen molar-refractivity contribution in [2.24, 2.45) is 0 Å². The van der Waals surface area contributed by atoms with Crippen molar-refractivity contribution in [1.82, 2.24) is 19.6 Å². The summed E-state index contributed by atoms with van der Waals surface area (Å²) in [6.07, 6.45) is 9.80. The molecule has 1 heterocycles. The van der Waals surface area contributed by atoms with Crippen molar-refractivity contribution in [2.75, 3.05) is 33.3 Å². The van der Waals surface area contributed by atoms with Gasteiger partial charge in [0.1, 0.15) is 18.5 Å². The molecule has 0 amide bonds. The van der Waals surface area contributed by atoms with Gasteiger partial charge in [-0.25, -0.2) is 0 Å². The van der Waals surface area contributed by atoms with Gasteiger partial charge in [0.05, 0.1) is 6.54 Å². The summed E-state index contributed by atoms with van der Waals surface area (Å²) in [6, 6.07) is 10.7. The fraction of sp³-hybridized carbons (Fsp3) is 0.625. The maximum Gasteiger partial charge on any atom is 0.123 e. The van der Waals surface area contributed by atoms with E-state index in [4.69, 9.17) is 4.74 Å². The third kappa shape index (κ3) is 7.11. The average molecular weight is 415 g/mol. The van der Waals surface area contributed by atoms with E-state index < -0.39 is 6.10 Å². The molecule has 1 fully saturated rings. The number of likely N-dealkylation sites (N-methyl/N-ethyl adjacent to an activating group) is 2. The van der Waals surface area contributed by atoms with Crippen LogP contribution in [-0.2, 0) is 13.1 Å². The van der Waals surface area contributed by atoms with Crippen LogP contribution in [0, 0.1) is 0 Å². The molecule has 0 aliphatic heterocycles. The minimum atomic E-state index is -0.480. The van der Waals surface area contributed by atoms with E-state index in [-0.39, 0.29) is 0 Å². The molecule has 1 aliphatic carbocycles. The lowest BCUT2D eigenvalue weighted by Crippen LogP contribution is -2.40. The number of nitrogens with zero attached hydrogens (tertiary/aromatic N) is 4. The number of aliphatic hydroxyl groups is 1. The molecule has 30 heavy (non-hydrogen) atoms. The van der Waals surface area contributed by atoms with Crippen molar-refractivity contribution in [3.8, 4) is 5.75 Å². The number of aliphatic hydroxyl groups excluding tert-OH is 1. The molecule has 1 aromatic heterocycles. The third-order valence-corrected chi connectivity index (χ3v) is 6.15. The number of hydrogen-bond donors (Lipinski definition) is 1. The van der Waals surface area contributed by atoms with E-state index in [1.807, 2.05) is 35.3 Å². The van der Waals surface area contributed by atoms with E-state index in [0.29, 0.717) is 19.2 Å². The first-order chi connectivity index (χ1) is 14.7. The summed E-state index contributed by atoms with van der Waals surface area (Å²) in [5.41, 5.74) is 1.16. The molecule has 1 saturated carbocycles. The lowest BCUT2D eigenvalue weighted by molar-refractivity contribution is 0.0556. The van der Waals surface area contributed by atoms with Crippen LogP contribution in [0.2, 0.25) is 0 Å². The molecule has 3 rings (SSSR count). The number of benzene rings is 1. The average Bonchev–Trinajstić information content (AvgIpc) is 3.30. The first-order valence-electron chi connectivity index (χ1n) is 11.4.